The number of nitrogens with zero attached hydrogens (tertiary/aromatic N) is 3. The molecule has 1 rings (SSSR count). The third-order valence-corrected chi connectivity index (χ3v) is 2.03. The number of hydrogen-bond acceptors (Lipinski definition) is 4. The van der Waals surface area contributed by atoms with Crippen molar-refractivity contribution in [3.63, 3.8) is 0 Å². The minimum atomic E-state index is 0.142. The molecule has 0 saturated carbocycles. The molecule has 72 valence electrons. The molecule has 1 N–H and O–H groups in total. The summed E-state index contributed by atoms with van der Waals surface area (Å²) in [5.41, 5.74) is 0. The van der Waals surface area contributed by atoms with E-state index in [9.17, 15) is 0 Å². The molecule has 4 heteroatoms. The molecule has 1 unspecified atom stereocenters. The fourth-order valence-corrected chi connectivity index (χ4v) is 0.930. The van der Waals surface area contributed by atoms with Gasteiger partial charge in [0.1, 0.15) is 5.82 Å². The van der Waals surface area contributed by atoms with Gasteiger partial charge in [0.15, 0.2) is 0 Å². The Hall–Kier alpha value is -1.00. The fraction of sp³-hybridized carbons (Fsp3) is 0.556. The summed E-state index contributed by atoms with van der Waals surface area (Å²) in [7, 11) is 1.94. The Balaban J connectivity index is 2.50. The van der Waals surface area contributed by atoms with E-state index in [2.05, 4.69) is 9.97 Å². The topological polar surface area (TPSA) is 49.2 Å². The smallest absolute Gasteiger partial charge is 0.142 e. The van der Waals surface area contributed by atoms with Crippen molar-refractivity contribution in [2.45, 2.75) is 19.5 Å². The van der Waals surface area contributed by atoms with Crippen LogP contribution in [-0.2, 0) is 6.54 Å². The number of rotatable bonds is 4. The van der Waals surface area contributed by atoms with Crippen LogP contribution in [0.1, 0.15) is 12.7 Å². The van der Waals surface area contributed by atoms with Crippen LogP contribution in [0.15, 0.2) is 18.5 Å². The van der Waals surface area contributed by atoms with Crippen molar-refractivity contribution in [2.24, 2.45) is 0 Å². The summed E-state index contributed by atoms with van der Waals surface area (Å²) in [6.07, 6.45) is 3.44. The minimum Gasteiger partial charge on any atom is -0.395 e. The van der Waals surface area contributed by atoms with E-state index < -0.39 is 0 Å². The molecule has 0 aliphatic rings. The molecule has 0 amide bonds. The number of aliphatic hydroxyl groups is 1. The maximum atomic E-state index is 8.90. The van der Waals surface area contributed by atoms with Crippen molar-refractivity contribution in [1.82, 2.24) is 14.9 Å². The summed E-state index contributed by atoms with van der Waals surface area (Å²) in [6.45, 7) is 2.79. The van der Waals surface area contributed by atoms with Crippen molar-refractivity contribution in [3.8, 4) is 0 Å². The molecule has 0 aromatic carbocycles. The van der Waals surface area contributed by atoms with Gasteiger partial charge < -0.3 is 5.11 Å². The average molecular weight is 181 g/mol. The lowest BCUT2D eigenvalue weighted by atomic mass is 10.3. The van der Waals surface area contributed by atoms with Crippen LogP contribution < -0.4 is 0 Å². The monoisotopic (exact) mass is 181 g/mol. The Bertz CT molecular complexity index is 240. The third-order valence-electron chi connectivity index (χ3n) is 2.03. The van der Waals surface area contributed by atoms with E-state index in [1.54, 1.807) is 18.5 Å². The largest absolute Gasteiger partial charge is 0.395 e. The molecular formula is C9H15N3O. The first kappa shape index (κ1) is 10.1. The van der Waals surface area contributed by atoms with Gasteiger partial charge in [-0.25, -0.2) is 9.97 Å². The lowest BCUT2D eigenvalue weighted by Crippen LogP contribution is -2.31. The van der Waals surface area contributed by atoms with Gasteiger partial charge in [0.25, 0.3) is 0 Å². The van der Waals surface area contributed by atoms with Gasteiger partial charge in [-0.3, -0.25) is 4.90 Å². The van der Waals surface area contributed by atoms with Crippen LogP contribution in [0.5, 0.6) is 0 Å². The lowest BCUT2D eigenvalue weighted by molar-refractivity contribution is 0.151. The molecule has 1 aromatic rings. The van der Waals surface area contributed by atoms with Crippen molar-refractivity contribution in [2.75, 3.05) is 13.7 Å². The van der Waals surface area contributed by atoms with E-state index in [4.69, 9.17) is 5.11 Å². The number of aromatic nitrogens is 2. The standard InChI is InChI=1S/C9H15N3O/c1-8(7-13)12(2)6-9-10-4-3-5-11-9/h3-5,8,13H,6-7H2,1-2H3. The van der Waals surface area contributed by atoms with E-state index in [0.717, 1.165) is 5.82 Å². The van der Waals surface area contributed by atoms with Gasteiger partial charge >= 0.3 is 0 Å². The van der Waals surface area contributed by atoms with E-state index in [1.807, 2.05) is 18.9 Å². The van der Waals surface area contributed by atoms with E-state index in [-0.39, 0.29) is 12.6 Å². The van der Waals surface area contributed by atoms with Gasteiger partial charge in [-0.2, -0.15) is 0 Å². The summed E-state index contributed by atoms with van der Waals surface area (Å²) in [5, 5.41) is 8.90. The minimum absolute atomic E-state index is 0.142. The van der Waals surface area contributed by atoms with Crippen LogP contribution in [-0.4, -0.2) is 39.7 Å². The maximum absolute atomic E-state index is 8.90. The Morgan fingerprint density at radius 2 is 2.08 bits per heavy atom. The molecule has 13 heavy (non-hydrogen) atoms. The number of aliphatic hydroxyl groups excluding tert-OH is 1. The van der Waals surface area contributed by atoms with Crippen molar-refractivity contribution >= 4 is 0 Å². The lowest BCUT2D eigenvalue weighted by Gasteiger charge is -2.21. The van der Waals surface area contributed by atoms with Gasteiger partial charge in [0, 0.05) is 18.4 Å². The highest BCUT2D eigenvalue weighted by Crippen LogP contribution is 1.99. The molecule has 0 aliphatic carbocycles. The van der Waals surface area contributed by atoms with Crippen molar-refractivity contribution in [1.29, 1.82) is 0 Å². The van der Waals surface area contributed by atoms with E-state index >= 15 is 0 Å². The Kier molecular flexibility index (Phi) is 3.79. The van der Waals surface area contributed by atoms with Gasteiger partial charge in [-0.05, 0) is 20.0 Å². The summed E-state index contributed by atoms with van der Waals surface area (Å²) in [6, 6.07) is 1.93. The summed E-state index contributed by atoms with van der Waals surface area (Å²) < 4.78 is 0. The van der Waals surface area contributed by atoms with Crippen molar-refractivity contribution in [3.05, 3.63) is 24.3 Å². The molecule has 0 aliphatic heterocycles. The van der Waals surface area contributed by atoms with Gasteiger partial charge in [0.2, 0.25) is 0 Å². The first-order chi connectivity index (χ1) is 6.24. The number of hydrogen-bond donors (Lipinski definition) is 1. The van der Waals surface area contributed by atoms with Crippen LogP contribution in [0.25, 0.3) is 0 Å². The first-order valence-electron chi connectivity index (χ1n) is 4.31. The Labute approximate surface area is 78.2 Å². The molecule has 0 radical (unpaired) electrons. The third kappa shape index (κ3) is 3.08. The summed E-state index contributed by atoms with van der Waals surface area (Å²) in [4.78, 5) is 10.2. The van der Waals surface area contributed by atoms with Crippen molar-refractivity contribution < 1.29 is 5.11 Å². The zero-order valence-corrected chi connectivity index (χ0v) is 8.01. The normalized spacial score (nSPS) is 13.2. The van der Waals surface area contributed by atoms with Crippen LogP contribution in [0.4, 0.5) is 0 Å². The Morgan fingerprint density at radius 3 is 2.62 bits per heavy atom. The molecule has 0 saturated heterocycles. The van der Waals surface area contributed by atoms with E-state index in [1.165, 1.54) is 0 Å². The Morgan fingerprint density at radius 1 is 1.46 bits per heavy atom. The molecule has 0 spiro atoms. The van der Waals surface area contributed by atoms with Gasteiger partial charge in [0.05, 0.1) is 13.2 Å². The highest BCUT2D eigenvalue weighted by Gasteiger charge is 2.08. The number of likely N-dealkylation sites (N-methyl/N-ethyl adjacent to an activating group) is 1. The maximum Gasteiger partial charge on any atom is 0.142 e. The second-order valence-corrected chi connectivity index (χ2v) is 3.11. The molecule has 1 aromatic heterocycles. The first-order valence-corrected chi connectivity index (χ1v) is 4.31. The summed E-state index contributed by atoms with van der Waals surface area (Å²) >= 11 is 0. The second kappa shape index (κ2) is 4.89. The molecule has 0 fully saturated rings. The SMILES string of the molecule is CC(CO)N(C)Cc1ncccn1. The van der Waals surface area contributed by atoms with Crippen LogP contribution >= 0.6 is 0 Å². The molecule has 1 atom stereocenters. The second-order valence-electron chi connectivity index (χ2n) is 3.11. The van der Waals surface area contributed by atoms with E-state index in [0.29, 0.717) is 6.54 Å². The predicted octanol–water partition coefficient (Wildman–Crippen LogP) is 0.289. The average Bonchev–Trinajstić information content (AvgIpc) is 2.18. The highest BCUT2D eigenvalue weighted by atomic mass is 16.3. The van der Waals surface area contributed by atoms with Crippen LogP contribution in [0.2, 0.25) is 0 Å². The molecule has 0 bridgehead atoms. The fourth-order valence-electron chi connectivity index (χ4n) is 0.930. The molecule has 1 heterocycles. The summed E-state index contributed by atoms with van der Waals surface area (Å²) in [5.74, 6) is 0.783. The zero-order chi connectivity index (χ0) is 9.68. The van der Waals surface area contributed by atoms with Gasteiger partial charge in [-0.15, -0.1) is 0 Å². The highest BCUT2D eigenvalue weighted by molar-refractivity contribution is 4.88. The van der Waals surface area contributed by atoms with Crippen LogP contribution in [0.3, 0.4) is 0 Å². The molecule has 4 nitrogen and oxygen atoms in total. The predicted molar refractivity (Wildman–Crippen MR) is 50.0 cm³/mol. The molecular weight excluding hydrogens is 166 g/mol. The van der Waals surface area contributed by atoms with Crippen LogP contribution in [0, 0.1) is 0 Å². The quantitative estimate of drug-likeness (QED) is 0.725. The zero-order valence-electron chi connectivity index (χ0n) is 8.01. The van der Waals surface area contributed by atoms with Gasteiger partial charge in [-0.1, -0.05) is 0 Å².